The van der Waals surface area contributed by atoms with Gasteiger partial charge in [0, 0.05) is 45.4 Å². The Labute approximate surface area is 299 Å². The molecule has 5 aromatic rings. The van der Waals surface area contributed by atoms with Crippen LogP contribution in [0.4, 0.5) is 9.18 Å². The largest absolute Gasteiger partial charge is 0.487 e. The maximum atomic E-state index is 14.0. The summed E-state index contributed by atoms with van der Waals surface area (Å²) in [5, 5.41) is 3.49. The number of esters is 1. The molecule has 2 amide bonds. The lowest BCUT2D eigenvalue weighted by atomic mass is 10.0. The molecule has 1 saturated carbocycles. The number of alkyl carbamates (subject to hydrolysis) is 1. The topological polar surface area (TPSA) is 156 Å². The minimum Gasteiger partial charge on any atom is -0.487 e. The summed E-state index contributed by atoms with van der Waals surface area (Å²) < 4.78 is 40.6. The molecule has 2 aliphatic rings. The van der Waals surface area contributed by atoms with E-state index in [2.05, 4.69) is 20.9 Å². The summed E-state index contributed by atoms with van der Waals surface area (Å²) in [6.45, 7) is 6.75. The maximum absolute atomic E-state index is 14.0. The summed E-state index contributed by atoms with van der Waals surface area (Å²) in [6, 6.07) is 8.73. The first-order valence-corrected chi connectivity index (χ1v) is 17.4. The number of halogens is 1. The number of hydrogen-bond acceptors (Lipinski definition) is 10. The molecule has 0 radical (unpaired) electrons. The molecule has 15 heteroatoms. The molecule has 1 fully saturated rings. The average Bonchev–Trinajstić information content (AvgIpc) is 3.44. The summed E-state index contributed by atoms with van der Waals surface area (Å²) in [6.07, 6.45) is 3.97. The molecule has 1 aliphatic heterocycles. The lowest BCUT2D eigenvalue weighted by Gasteiger charge is -2.31. The maximum Gasteiger partial charge on any atom is 0.408 e. The van der Waals surface area contributed by atoms with Gasteiger partial charge >= 0.3 is 12.1 Å². The summed E-state index contributed by atoms with van der Waals surface area (Å²) in [5.74, 6) is 1.42. The Hall–Kier alpha value is -5.47. The summed E-state index contributed by atoms with van der Waals surface area (Å²) >= 11 is 0. The van der Waals surface area contributed by atoms with Crippen LogP contribution in [0.5, 0.6) is 5.75 Å². The van der Waals surface area contributed by atoms with Gasteiger partial charge in [-0.05, 0) is 57.7 Å². The molecule has 14 nitrogen and oxygen atoms in total. The van der Waals surface area contributed by atoms with Crippen LogP contribution < -0.4 is 10.1 Å². The number of carbonyl (C=O) groups excluding carboxylic acids is 3. The molecule has 0 spiro atoms. The molecule has 1 aliphatic carbocycles. The second-order valence-corrected chi connectivity index (χ2v) is 14.4. The smallest absolute Gasteiger partial charge is 0.408 e. The molecular formula is C37H42FN7O7. The van der Waals surface area contributed by atoms with E-state index in [1.807, 2.05) is 29.8 Å². The molecule has 1 aromatic carbocycles. The van der Waals surface area contributed by atoms with Crippen LogP contribution in [0.3, 0.4) is 0 Å². The fraction of sp³-hybridized carbons (Fsp3) is 0.459. The van der Waals surface area contributed by atoms with E-state index in [9.17, 15) is 18.8 Å². The fourth-order valence-electron chi connectivity index (χ4n) is 6.58. The van der Waals surface area contributed by atoms with Crippen LogP contribution in [0.2, 0.25) is 0 Å². The minimum atomic E-state index is -0.921. The Balaban J connectivity index is 1.19. The molecule has 0 saturated heterocycles. The molecule has 7 rings (SSSR count). The fourth-order valence-corrected chi connectivity index (χ4v) is 6.58. The number of ether oxygens (including phenoxy) is 3. The Morgan fingerprint density at radius 3 is 2.67 bits per heavy atom. The predicted octanol–water partition coefficient (Wildman–Crippen LogP) is 5.53. The molecule has 5 heterocycles. The number of imidazole rings is 1. The molecule has 52 heavy (non-hydrogen) atoms. The number of aryl methyl sites for hydroxylation is 1. The summed E-state index contributed by atoms with van der Waals surface area (Å²) in [7, 11) is 1.91. The highest BCUT2D eigenvalue weighted by Crippen LogP contribution is 2.39. The van der Waals surface area contributed by atoms with Crippen molar-refractivity contribution in [2.45, 2.75) is 71.2 Å². The van der Waals surface area contributed by atoms with Crippen LogP contribution >= 0.6 is 0 Å². The number of nitrogens with one attached hydrogen (secondary N) is 1. The standard InChI is InChI=1S/C37H42FN7O7/c1-21(46)51-31(30-16-39-20-50-30)19-49-29-8-6-7-23-13-28(45(32(23)29)17-22-9-10-22)34-42-27-14-25-26(41-33(27)43(34)5)11-12-44(35(25)47)18-24(15-38)40-36(48)52-37(2,3)4/h6-8,13-14,16,20,22,24,31H,9-12,15,17-19H2,1-5H3,(H,40,48)/t24-,31?/m1/s1. The van der Waals surface area contributed by atoms with E-state index in [0.717, 1.165) is 36.0 Å². The summed E-state index contributed by atoms with van der Waals surface area (Å²) in [4.78, 5) is 53.3. The number of aromatic nitrogens is 5. The highest BCUT2D eigenvalue weighted by molar-refractivity contribution is 5.99. The van der Waals surface area contributed by atoms with Crippen molar-refractivity contribution >= 4 is 40.0 Å². The minimum absolute atomic E-state index is 0.00871. The van der Waals surface area contributed by atoms with E-state index in [1.165, 1.54) is 24.4 Å². The molecule has 4 aromatic heterocycles. The first-order chi connectivity index (χ1) is 24.9. The Kier molecular flexibility index (Phi) is 9.36. The van der Waals surface area contributed by atoms with Crippen molar-refractivity contribution in [1.29, 1.82) is 0 Å². The van der Waals surface area contributed by atoms with Crippen molar-refractivity contribution in [3.63, 3.8) is 0 Å². The van der Waals surface area contributed by atoms with Crippen molar-refractivity contribution in [1.82, 2.24) is 34.3 Å². The number of benzene rings is 1. The van der Waals surface area contributed by atoms with Crippen LogP contribution in [0.25, 0.3) is 33.6 Å². The van der Waals surface area contributed by atoms with Crippen molar-refractivity contribution in [3.8, 4) is 17.3 Å². The number of hydrogen-bond donors (Lipinski definition) is 1. The highest BCUT2D eigenvalue weighted by Gasteiger charge is 2.32. The average molecular weight is 716 g/mol. The monoisotopic (exact) mass is 715 g/mol. The third kappa shape index (κ3) is 7.30. The van der Waals surface area contributed by atoms with Gasteiger partial charge < -0.3 is 38.0 Å². The Bertz CT molecular complexity index is 2130. The number of alkyl halides is 1. The predicted molar refractivity (Wildman–Crippen MR) is 187 cm³/mol. The van der Waals surface area contributed by atoms with E-state index in [4.69, 9.17) is 28.6 Å². The van der Waals surface area contributed by atoms with Crippen molar-refractivity contribution in [2.24, 2.45) is 13.0 Å². The van der Waals surface area contributed by atoms with E-state index in [1.54, 1.807) is 26.8 Å². The number of pyridine rings is 1. The summed E-state index contributed by atoms with van der Waals surface area (Å²) in [5.41, 5.74) is 3.26. The third-order valence-electron chi connectivity index (χ3n) is 9.12. The number of oxazole rings is 1. The van der Waals surface area contributed by atoms with E-state index >= 15 is 0 Å². The zero-order chi connectivity index (χ0) is 36.7. The third-order valence-corrected chi connectivity index (χ3v) is 9.12. The number of para-hydroxylation sites is 1. The van der Waals surface area contributed by atoms with Crippen LogP contribution in [0.1, 0.15) is 68.5 Å². The van der Waals surface area contributed by atoms with Crippen molar-refractivity contribution in [2.75, 3.05) is 26.4 Å². The number of nitrogens with zero attached hydrogens (tertiary/aromatic N) is 6. The lowest BCUT2D eigenvalue weighted by Crippen LogP contribution is -2.50. The van der Waals surface area contributed by atoms with Crippen LogP contribution in [0.15, 0.2) is 47.3 Å². The van der Waals surface area contributed by atoms with Gasteiger partial charge in [-0.1, -0.05) is 12.1 Å². The molecule has 274 valence electrons. The van der Waals surface area contributed by atoms with Crippen LogP contribution in [-0.4, -0.2) is 85.0 Å². The van der Waals surface area contributed by atoms with Gasteiger partial charge in [0.15, 0.2) is 29.7 Å². The van der Waals surface area contributed by atoms with E-state index < -0.39 is 36.5 Å². The van der Waals surface area contributed by atoms with Crippen LogP contribution in [0, 0.1) is 5.92 Å². The molecular weight excluding hydrogens is 673 g/mol. The molecule has 1 unspecified atom stereocenters. The first kappa shape index (κ1) is 35.0. The SMILES string of the molecule is CC(=O)OC(COc1cccc2cc(-c3nc4cc5c(nc4n3C)CCN(C[C@@H](CF)NC(=O)OC(C)(C)C)C5=O)n(CC3CC3)c12)c1cnco1. The van der Waals surface area contributed by atoms with E-state index in [-0.39, 0.29) is 19.1 Å². The van der Waals surface area contributed by atoms with Gasteiger partial charge in [-0.3, -0.25) is 9.59 Å². The van der Waals surface area contributed by atoms with E-state index in [0.29, 0.717) is 58.6 Å². The number of carbonyl (C=O) groups is 3. The zero-order valence-corrected chi connectivity index (χ0v) is 29.8. The van der Waals surface area contributed by atoms with Crippen LogP contribution in [-0.2, 0) is 34.3 Å². The van der Waals surface area contributed by atoms with Gasteiger partial charge in [0.2, 0.25) is 0 Å². The molecule has 0 bridgehead atoms. The quantitative estimate of drug-likeness (QED) is 0.163. The van der Waals surface area contributed by atoms with Gasteiger partial charge in [-0.2, -0.15) is 0 Å². The molecule has 2 atom stereocenters. The lowest BCUT2D eigenvalue weighted by molar-refractivity contribution is -0.149. The first-order valence-electron chi connectivity index (χ1n) is 17.4. The molecule has 1 N–H and O–H groups in total. The van der Waals surface area contributed by atoms with Gasteiger partial charge in [0.25, 0.3) is 5.91 Å². The Morgan fingerprint density at radius 1 is 1.17 bits per heavy atom. The number of fused-ring (bicyclic) bond motifs is 3. The van der Waals surface area contributed by atoms with Crippen molar-refractivity contribution in [3.05, 3.63) is 59.9 Å². The normalized spacial score (nSPS) is 15.8. The van der Waals surface area contributed by atoms with Crippen molar-refractivity contribution < 1.29 is 37.4 Å². The second-order valence-electron chi connectivity index (χ2n) is 14.4. The zero-order valence-electron chi connectivity index (χ0n) is 29.8. The van der Waals surface area contributed by atoms with Gasteiger partial charge in [-0.15, -0.1) is 0 Å². The van der Waals surface area contributed by atoms with Gasteiger partial charge in [0.1, 0.15) is 30.1 Å². The second kappa shape index (κ2) is 13.9. The van der Waals surface area contributed by atoms with Gasteiger partial charge in [0.05, 0.1) is 34.7 Å². The van der Waals surface area contributed by atoms with Gasteiger partial charge in [-0.25, -0.2) is 24.1 Å². The highest BCUT2D eigenvalue weighted by atomic mass is 19.1. The number of rotatable bonds is 12. The number of amides is 2. The Morgan fingerprint density at radius 2 is 1.98 bits per heavy atom.